The van der Waals surface area contributed by atoms with E-state index in [0.29, 0.717) is 22.1 Å². The van der Waals surface area contributed by atoms with Crippen LogP contribution in [-0.4, -0.2) is 18.8 Å². The number of fused-ring (bicyclic) bond motifs is 1. The first-order chi connectivity index (χ1) is 10.7. The first kappa shape index (κ1) is 14.3. The second-order valence-electron chi connectivity index (χ2n) is 4.73. The number of ether oxygens (including phenoxy) is 2. The third-order valence-corrected chi connectivity index (χ3v) is 3.83. The number of rotatable bonds is 3. The Kier molecular flexibility index (Phi) is 3.66. The lowest BCUT2D eigenvalue weighted by atomic mass is 10.2. The van der Waals surface area contributed by atoms with Crippen LogP contribution in [0.3, 0.4) is 0 Å². The molecule has 0 fully saturated rings. The van der Waals surface area contributed by atoms with Gasteiger partial charge in [0.2, 0.25) is 0 Å². The summed E-state index contributed by atoms with van der Waals surface area (Å²) in [5, 5.41) is 10.5. The summed E-state index contributed by atoms with van der Waals surface area (Å²) in [5.74, 6) is 1.33. The monoisotopic (exact) mass is 312 g/mol. The van der Waals surface area contributed by atoms with E-state index in [1.165, 1.54) is 0 Å². The molecule has 0 amide bonds. The highest BCUT2D eigenvalue weighted by atomic mass is 35.5. The van der Waals surface area contributed by atoms with E-state index in [4.69, 9.17) is 26.3 Å². The molecule has 0 spiro atoms. The lowest BCUT2D eigenvalue weighted by Gasteiger charge is -2.11. The maximum atomic E-state index is 8.94. The summed E-state index contributed by atoms with van der Waals surface area (Å²) < 4.78 is 12.6. The molecule has 0 saturated heterocycles. The van der Waals surface area contributed by atoms with Crippen LogP contribution in [0.25, 0.3) is 16.6 Å². The molecule has 0 bridgehead atoms. The van der Waals surface area contributed by atoms with Gasteiger partial charge in [0.1, 0.15) is 0 Å². The van der Waals surface area contributed by atoms with Crippen LogP contribution >= 0.6 is 11.6 Å². The summed E-state index contributed by atoms with van der Waals surface area (Å²) >= 11 is 6.30. The van der Waals surface area contributed by atoms with E-state index in [9.17, 15) is 0 Å². The van der Waals surface area contributed by atoms with Gasteiger partial charge in [0.05, 0.1) is 42.1 Å². The molecule has 0 N–H and O–H groups in total. The van der Waals surface area contributed by atoms with E-state index in [1.54, 1.807) is 26.4 Å². The van der Waals surface area contributed by atoms with Crippen molar-refractivity contribution < 1.29 is 9.47 Å². The van der Waals surface area contributed by atoms with Gasteiger partial charge in [-0.15, -0.1) is 0 Å². The van der Waals surface area contributed by atoms with Crippen molar-refractivity contribution in [2.24, 2.45) is 0 Å². The quantitative estimate of drug-likeness (QED) is 0.729. The van der Waals surface area contributed by atoms with Gasteiger partial charge < -0.3 is 14.0 Å². The number of nitrogens with zero attached hydrogens (tertiary/aromatic N) is 2. The molecule has 0 aliphatic rings. The van der Waals surface area contributed by atoms with Gasteiger partial charge in [0.15, 0.2) is 11.5 Å². The Morgan fingerprint density at radius 1 is 1.05 bits per heavy atom. The summed E-state index contributed by atoms with van der Waals surface area (Å²) in [4.78, 5) is 0. The zero-order valence-corrected chi connectivity index (χ0v) is 12.9. The topological polar surface area (TPSA) is 47.2 Å². The molecule has 5 heteroatoms. The van der Waals surface area contributed by atoms with Gasteiger partial charge in [0.25, 0.3) is 0 Å². The Morgan fingerprint density at radius 3 is 2.41 bits per heavy atom. The van der Waals surface area contributed by atoms with Gasteiger partial charge in [0, 0.05) is 17.6 Å². The molecule has 22 heavy (non-hydrogen) atoms. The fourth-order valence-electron chi connectivity index (χ4n) is 2.44. The van der Waals surface area contributed by atoms with E-state index in [-0.39, 0.29) is 0 Å². The zero-order chi connectivity index (χ0) is 15.7. The van der Waals surface area contributed by atoms with Gasteiger partial charge in [-0.1, -0.05) is 11.6 Å². The molecular weight excluding hydrogens is 300 g/mol. The van der Waals surface area contributed by atoms with Crippen molar-refractivity contribution in [1.29, 1.82) is 5.26 Å². The lowest BCUT2D eigenvalue weighted by Crippen LogP contribution is -1.95. The SMILES string of the molecule is COc1cc2ccn(-c3ccc(C#N)cc3Cl)c2cc1OC. The van der Waals surface area contributed by atoms with Crippen LogP contribution in [0.4, 0.5) is 0 Å². The van der Waals surface area contributed by atoms with E-state index in [1.807, 2.05) is 35.0 Å². The highest BCUT2D eigenvalue weighted by Gasteiger charge is 2.12. The minimum Gasteiger partial charge on any atom is -0.493 e. The van der Waals surface area contributed by atoms with Crippen LogP contribution in [0, 0.1) is 11.3 Å². The molecule has 3 aromatic rings. The molecule has 1 aromatic heterocycles. The van der Waals surface area contributed by atoms with Crippen molar-refractivity contribution in [2.45, 2.75) is 0 Å². The fraction of sp³-hybridized carbons (Fsp3) is 0.118. The molecular formula is C17H13ClN2O2. The summed E-state index contributed by atoms with van der Waals surface area (Å²) in [6.07, 6.45) is 1.93. The second-order valence-corrected chi connectivity index (χ2v) is 5.14. The molecule has 2 aromatic carbocycles. The van der Waals surface area contributed by atoms with Crippen molar-refractivity contribution in [3.05, 3.63) is 53.2 Å². The molecule has 0 unspecified atom stereocenters. The van der Waals surface area contributed by atoms with Crippen molar-refractivity contribution in [3.8, 4) is 23.3 Å². The largest absolute Gasteiger partial charge is 0.493 e. The van der Waals surface area contributed by atoms with Crippen LogP contribution in [0.2, 0.25) is 5.02 Å². The third-order valence-electron chi connectivity index (χ3n) is 3.53. The number of hydrogen-bond donors (Lipinski definition) is 0. The summed E-state index contributed by atoms with van der Waals surface area (Å²) in [7, 11) is 3.21. The molecule has 1 heterocycles. The predicted molar refractivity (Wildman–Crippen MR) is 86.1 cm³/mol. The maximum Gasteiger partial charge on any atom is 0.162 e. The molecule has 0 atom stereocenters. The predicted octanol–water partition coefficient (Wildman–Crippen LogP) is 4.17. The zero-order valence-electron chi connectivity index (χ0n) is 12.1. The molecule has 110 valence electrons. The molecule has 3 rings (SSSR count). The Morgan fingerprint density at radius 2 is 1.77 bits per heavy atom. The highest BCUT2D eigenvalue weighted by Crippen LogP contribution is 2.35. The number of halogens is 1. The van der Waals surface area contributed by atoms with Gasteiger partial charge in [-0.2, -0.15) is 5.26 Å². The molecule has 4 nitrogen and oxygen atoms in total. The van der Waals surface area contributed by atoms with Crippen LogP contribution in [0.15, 0.2) is 42.6 Å². The van der Waals surface area contributed by atoms with Gasteiger partial charge in [-0.25, -0.2) is 0 Å². The van der Waals surface area contributed by atoms with Crippen molar-refractivity contribution >= 4 is 22.5 Å². The summed E-state index contributed by atoms with van der Waals surface area (Å²) in [6.45, 7) is 0. The smallest absolute Gasteiger partial charge is 0.162 e. The number of nitriles is 1. The van der Waals surface area contributed by atoms with Gasteiger partial charge >= 0.3 is 0 Å². The number of benzene rings is 2. The van der Waals surface area contributed by atoms with Crippen LogP contribution in [0.5, 0.6) is 11.5 Å². The minimum absolute atomic E-state index is 0.520. The Bertz CT molecular complexity index is 894. The van der Waals surface area contributed by atoms with Crippen molar-refractivity contribution in [2.75, 3.05) is 14.2 Å². The van der Waals surface area contributed by atoms with E-state index < -0.39 is 0 Å². The van der Waals surface area contributed by atoms with Gasteiger partial charge in [-0.3, -0.25) is 0 Å². The number of hydrogen-bond acceptors (Lipinski definition) is 3. The standard InChI is InChI=1S/C17H13ClN2O2/c1-21-16-8-12-5-6-20(15(12)9-17(16)22-2)14-4-3-11(10-19)7-13(14)18/h3-9H,1-2H3. The first-order valence-electron chi connectivity index (χ1n) is 6.61. The average Bonchev–Trinajstić information content (AvgIpc) is 2.95. The normalized spacial score (nSPS) is 10.5. The van der Waals surface area contributed by atoms with Crippen LogP contribution in [-0.2, 0) is 0 Å². The number of aromatic nitrogens is 1. The molecule has 0 aliphatic carbocycles. The molecule has 0 radical (unpaired) electrons. The van der Waals surface area contributed by atoms with E-state index in [0.717, 1.165) is 16.6 Å². The summed E-state index contributed by atoms with van der Waals surface area (Å²) in [5.41, 5.74) is 2.29. The first-order valence-corrected chi connectivity index (χ1v) is 6.99. The highest BCUT2D eigenvalue weighted by molar-refractivity contribution is 6.32. The second kappa shape index (κ2) is 5.63. The minimum atomic E-state index is 0.520. The lowest BCUT2D eigenvalue weighted by molar-refractivity contribution is 0.356. The summed E-state index contributed by atoms with van der Waals surface area (Å²) in [6, 6.07) is 13.1. The fourth-order valence-corrected chi connectivity index (χ4v) is 2.71. The van der Waals surface area contributed by atoms with Crippen LogP contribution in [0.1, 0.15) is 5.56 Å². The Labute approximate surface area is 133 Å². The van der Waals surface area contributed by atoms with E-state index in [2.05, 4.69) is 6.07 Å². The Hall–Kier alpha value is -2.64. The van der Waals surface area contributed by atoms with Crippen molar-refractivity contribution in [3.63, 3.8) is 0 Å². The number of methoxy groups -OCH3 is 2. The molecule has 0 aliphatic heterocycles. The third kappa shape index (κ3) is 2.26. The Balaban J connectivity index is 2.22. The molecule has 0 saturated carbocycles. The maximum absolute atomic E-state index is 8.94. The van der Waals surface area contributed by atoms with Crippen molar-refractivity contribution in [1.82, 2.24) is 4.57 Å². The van der Waals surface area contributed by atoms with E-state index >= 15 is 0 Å². The van der Waals surface area contributed by atoms with Crippen LogP contribution < -0.4 is 9.47 Å². The van der Waals surface area contributed by atoms with Gasteiger partial charge in [-0.05, 0) is 30.3 Å². The average molecular weight is 313 g/mol.